The standard InChI is InChI=1S/C11H9BrClF3O/c1-6(17)10(12)9-4-8(11(14,15)16)3-2-7(9)5-13/h2-4,10H,5H2,1H3. The minimum absolute atomic E-state index is 0.0584. The van der Waals surface area contributed by atoms with Crippen LogP contribution >= 0.6 is 27.5 Å². The largest absolute Gasteiger partial charge is 0.416 e. The first-order chi connectivity index (χ1) is 7.77. The van der Waals surface area contributed by atoms with E-state index in [2.05, 4.69) is 15.9 Å². The van der Waals surface area contributed by atoms with Gasteiger partial charge < -0.3 is 0 Å². The number of benzene rings is 1. The third-order valence-electron chi connectivity index (χ3n) is 2.25. The average molecular weight is 330 g/mol. The second kappa shape index (κ2) is 5.40. The van der Waals surface area contributed by atoms with Crippen LogP contribution in [-0.2, 0) is 16.9 Å². The molecule has 0 saturated heterocycles. The number of Topliss-reactive ketones (excluding diaryl/α,β-unsaturated/α-hetero) is 1. The van der Waals surface area contributed by atoms with Crippen molar-refractivity contribution in [2.24, 2.45) is 0 Å². The maximum absolute atomic E-state index is 12.5. The van der Waals surface area contributed by atoms with E-state index in [1.165, 1.54) is 13.0 Å². The van der Waals surface area contributed by atoms with E-state index in [-0.39, 0.29) is 17.2 Å². The van der Waals surface area contributed by atoms with Crippen LogP contribution < -0.4 is 0 Å². The Balaban J connectivity index is 3.29. The predicted molar refractivity (Wildman–Crippen MR) is 63.4 cm³/mol. The fourth-order valence-corrected chi connectivity index (χ4v) is 2.02. The van der Waals surface area contributed by atoms with E-state index >= 15 is 0 Å². The molecule has 17 heavy (non-hydrogen) atoms. The van der Waals surface area contributed by atoms with Gasteiger partial charge in [-0.3, -0.25) is 4.79 Å². The summed E-state index contributed by atoms with van der Waals surface area (Å²) in [5, 5.41) is 0. The second-order valence-electron chi connectivity index (χ2n) is 3.52. The highest BCUT2D eigenvalue weighted by Gasteiger charge is 2.32. The SMILES string of the molecule is CC(=O)C(Br)c1cc(C(F)(F)F)ccc1CCl. The molecule has 0 aromatic heterocycles. The van der Waals surface area contributed by atoms with E-state index in [4.69, 9.17) is 11.6 Å². The zero-order valence-electron chi connectivity index (χ0n) is 8.81. The highest BCUT2D eigenvalue weighted by Crippen LogP contribution is 2.35. The predicted octanol–water partition coefficient (Wildman–Crippen LogP) is 4.47. The molecule has 6 heteroatoms. The molecule has 0 heterocycles. The molecule has 1 atom stereocenters. The van der Waals surface area contributed by atoms with Crippen LogP contribution in [-0.4, -0.2) is 5.78 Å². The second-order valence-corrected chi connectivity index (χ2v) is 4.70. The lowest BCUT2D eigenvalue weighted by atomic mass is 10.0. The summed E-state index contributed by atoms with van der Waals surface area (Å²) in [5.74, 6) is -0.209. The number of carbonyl (C=O) groups excluding carboxylic acids is 1. The fourth-order valence-electron chi connectivity index (χ4n) is 1.35. The topological polar surface area (TPSA) is 17.1 Å². The van der Waals surface area contributed by atoms with Crippen LogP contribution in [0.5, 0.6) is 0 Å². The van der Waals surface area contributed by atoms with Gasteiger partial charge in [0.15, 0.2) is 0 Å². The van der Waals surface area contributed by atoms with Crippen LogP contribution in [0.1, 0.15) is 28.4 Å². The molecule has 1 rings (SSSR count). The first-order valence-corrected chi connectivity index (χ1v) is 6.13. The summed E-state index contributed by atoms with van der Waals surface area (Å²) in [5.41, 5.74) is -0.00821. The molecule has 0 fully saturated rings. The molecule has 1 nitrogen and oxygen atoms in total. The van der Waals surface area contributed by atoms with Crippen LogP contribution in [0.25, 0.3) is 0 Å². The van der Waals surface area contributed by atoms with Crippen molar-refractivity contribution in [3.63, 3.8) is 0 Å². The number of ketones is 1. The van der Waals surface area contributed by atoms with Crippen LogP contribution in [0.4, 0.5) is 13.2 Å². The molecule has 0 saturated carbocycles. The molecule has 0 radical (unpaired) electrons. The van der Waals surface area contributed by atoms with E-state index in [1.54, 1.807) is 0 Å². The zero-order valence-corrected chi connectivity index (χ0v) is 11.2. The van der Waals surface area contributed by atoms with Crippen molar-refractivity contribution in [3.8, 4) is 0 Å². The average Bonchev–Trinajstić information content (AvgIpc) is 2.25. The van der Waals surface area contributed by atoms with Gasteiger partial charge in [0.25, 0.3) is 0 Å². The molecule has 0 spiro atoms. The fraction of sp³-hybridized carbons (Fsp3) is 0.364. The van der Waals surface area contributed by atoms with E-state index in [1.807, 2.05) is 0 Å². The molecule has 1 aromatic rings. The first kappa shape index (κ1) is 14.5. The quantitative estimate of drug-likeness (QED) is 0.748. The summed E-state index contributed by atoms with van der Waals surface area (Å²) >= 11 is 8.70. The molecule has 0 N–H and O–H groups in total. The van der Waals surface area contributed by atoms with Crippen molar-refractivity contribution in [1.29, 1.82) is 0 Å². The number of halogens is 5. The maximum Gasteiger partial charge on any atom is 0.416 e. The molecular weight excluding hydrogens is 320 g/mol. The third kappa shape index (κ3) is 3.45. The van der Waals surface area contributed by atoms with Crippen molar-refractivity contribution >= 4 is 33.3 Å². The molecule has 0 bridgehead atoms. The van der Waals surface area contributed by atoms with Gasteiger partial charge in [-0.2, -0.15) is 13.2 Å². The number of carbonyl (C=O) groups is 1. The Hall–Kier alpha value is -0.550. The molecular formula is C11H9BrClF3O. The Morgan fingerprint density at radius 1 is 1.47 bits per heavy atom. The van der Waals surface area contributed by atoms with Crippen molar-refractivity contribution < 1.29 is 18.0 Å². The highest BCUT2D eigenvalue weighted by molar-refractivity contribution is 9.09. The molecule has 0 aliphatic rings. The number of hydrogen-bond acceptors (Lipinski definition) is 1. The molecule has 0 aliphatic heterocycles. The van der Waals surface area contributed by atoms with Crippen molar-refractivity contribution in [3.05, 3.63) is 34.9 Å². The van der Waals surface area contributed by atoms with E-state index in [0.717, 1.165) is 12.1 Å². The summed E-state index contributed by atoms with van der Waals surface area (Å²) in [4.78, 5) is 10.4. The van der Waals surface area contributed by atoms with Crippen molar-refractivity contribution in [2.45, 2.75) is 23.8 Å². The summed E-state index contributed by atoms with van der Waals surface area (Å²) < 4.78 is 37.6. The summed E-state index contributed by atoms with van der Waals surface area (Å²) in [7, 11) is 0. The lowest BCUT2D eigenvalue weighted by Crippen LogP contribution is -2.10. The summed E-state index contributed by atoms with van der Waals surface area (Å²) in [6.45, 7) is 1.30. The van der Waals surface area contributed by atoms with Gasteiger partial charge >= 0.3 is 6.18 Å². The first-order valence-electron chi connectivity index (χ1n) is 4.68. The van der Waals surface area contributed by atoms with Gasteiger partial charge in [0.05, 0.1) is 10.4 Å². The van der Waals surface area contributed by atoms with Crippen LogP contribution in [0.15, 0.2) is 18.2 Å². The molecule has 1 aromatic carbocycles. The van der Waals surface area contributed by atoms with Gasteiger partial charge in [-0.05, 0) is 30.2 Å². The maximum atomic E-state index is 12.5. The number of alkyl halides is 5. The van der Waals surface area contributed by atoms with Crippen LogP contribution in [0.3, 0.4) is 0 Å². The van der Waals surface area contributed by atoms with Gasteiger partial charge in [-0.25, -0.2) is 0 Å². The monoisotopic (exact) mass is 328 g/mol. The molecule has 94 valence electrons. The van der Waals surface area contributed by atoms with Gasteiger partial charge in [-0.15, -0.1) is 11.6 Å². The molecule has 0 amide bonds. The molecule has 0 aliphatic carbocycles. The minimum Gasteiger partial charge on any atom is -0.298 e. The van der Waals surface area contributed by atoms with Crippen molar-refractivity contribution in [2.75, 3.05) is 0 Å². The van der Waals surface area contributed by atoms with Gasteiger partial charge in [0.2, 0.25) is 0 Å². The smallest absolute Gasteiger partial charge is 0.298 e. The Morgan fingerprint density at radius 2 is 2.06 bits per heavy atom. The van der Waals surface area contributed by atoms with Gasteiger partial charge in [0, 0.05) is 5.88 Å². The minimum atomic E-state index is -4.43. The summed E-state index contributed by atoms with van der Waals surface area (Å²) in [6.07, 6.45) is -4.43. The number of rotatable bonds is 3. The lowest BCUT2D eigenvalue weighted by molar-refractivity contribution is -0.137. The Bertz CT molecular complexity index is 431. The third-order valence-corrected chi connectivity index (χ3v) is 3.67. The normalized spacial score (nSPS) is 13.5. The summed E-state index contributed by atoms with van der Waals surface area (Å²) in [6, 6.07) is 3.21. The van der Waals surface area contributed by atoms with E-state index < -0.39 is 16.6 Å². The number of hydrogen-bond donors (Lipinski definition) is 0. The molecule has 1 unspecified atom stereocenters. The Kier molecular flexibility index (Phi) is 4.61. The Morgan fingerprint density at radius 3 is 2.47 bits per heavy atom. The van der Waals surface area contributed by atoms with Crippen LogP contribution in [0.2, 0.25) is 0 Å². The van der Waals surface area contributed by atoms with Crippen molar-refractivity contribution in [1.82, 2.24) is 0 Å². The van der Waals surface area contributed by atoms with Gasteiger partial charge in [-0.1, -0.05) is 22.0 Å². The highest BCUT2D eigenvalue weighted by atomic mass is 79.9. The van der Waals surface area contributed by atoms with Crippen LogP contribution in [0, 0.1) is 0 Å². The van der Waals surface area contributed by atoms with Gasteiger partial charge in [0.1, 0.15) is 5.78 Å². The zero-order chi connectivity index (χ0) is 13.2. The lowest BCUT2D eigenvalue weighted by Gasteiger charge is -2.14. The van der Waals surface area contributed by atoms with E-state index in [0.29, 0.717) is 5.56 Å². The van der Waals surface area contributed by atoms with E-state index in [9.17, 15) is 18.0 Å². The Labute approximate surface area is 110 Å².